The minimum atomic E-state index is 0.0680. The summed E-state index contributed by atoms with van der Waals surface area (Å²) in [5.41, 5.74) is 7.39. The number of carbonyl (C=O) groups is 1. The van der Waals surface area contributed by atoms with Gasteiger partial charge in [0.05, 0.1) is 5.52 Å². The number of aromatic nitrogens is 4. The largest absolute Gasteiger partial charge is 0.336 e. The second kappa shape index (κ2) is 9.15. The van der Waals surface area contributed by atoms with Gasteiger partial charge in [-0.1, -0.05) is 0 Å². The van der Waals surface area contributed by atoms with Crippen LogP contribution in [0.25, 0.3) is 22.2 Å². The summed E-state index contributed by atoms with van der Waals surface area (Å²) in [7, 11) is 2.08. The molecule has 1 N–H and O–H groups in total. The summed E-state index contributed by atoms with van der Waals surface area (Å²) in [5, 5.41) is 11.8. The Balaban J connectivity index is 1.33. The number of anilines is 2. The van der Waals surface area contributed by atoms with Crippen LogP contribution in [0.3, 0.4) is 0 Å². The van der Waals surface area contributed by atoms with Crippen LogP contribution >= 0.6 is 0 Å². The molecule has 0 aliphatic carbocycles. The lowest BCUT2D eigenvalue weighted by Crippen LogP contribution is -2.47. The highest BCUT2D eigenvalue weighted by atomic mass is 16.2. The summed E-state index contributed by atoms with van der Waals surface area (Å²) in [6.45, 7) is 7.45. The minimum absolute atomic E-state index is 0.0680. The topological polar surface area (TPSA) is 87.1 Å². The first kappa shape index (κ1) is 21.9. The third-order valence-electron chi connectivity index (χ3n) is 6.31. The van der Waals surface area contributed by atoms with Gasteiger partial charge in [-0.25, -0.2) is 4.98 Å². The lowest BCUT2D eigenvalue weighted by atomic mass is 9.98. The number of hydrogen-bond donors (Lipinski definition) is 1. The molecule has 0 bridgehead atoms. The maximum atomic E-state index is 12.8. The van der Waals surface area contributed by atoms with Crippen molar-refractivity contribution in [2.75, 3.05) is 38.5 Å². The smallest absolute Gasteiger partial charge is 0.253 e. The van der Waals surface area contributed by atoms with Gasteiger partial charge in [0.25, 0.3) is 5.91 Å². The normalized spacial score (nSPS) is 14.4. The second-order valence-electron chi connectivity index (χ2n) is 8.78. The fraction of sp³-hybridized carbons (Fsp3) is 0.269. The van der Waals surface area contributed by atoms with E-state index in [-0.39, 0.29) is 5.91 Å². The van der Waals surface area contributed by atoms with E-state index in [9.17, 15) is 4.79 Å². The third kappa shape index (κ3) is 4.45. The summed E-state index contributed by atoms with van der Waals surface area (Å²) in [5.74, 6) is 0.480. The van der Waals surface area contributed by atoms with Crippen molar-refractivity contribution in [2.45, 2.75) is 13.8 Å². The van der Waals surface area contributed by atoms with Crippen LogP contribution in [-0.2, 0) is 0 Å². The Morgan fingerprint density at radius 1 is 0.882 bits per heavy atom. The number of amides is 1. The molecule has 0 saturated carbocycles. The molecule has 2 aromatic heterocycles. The van der Waals surface area contributed by atoms with Gasteiger partial charge < -0.3 is 15.1 Å². The van der Waals surface area contributed by atoms with E-state index in [2.05, 4.69) is 51.3 Å². The zero-order valence-corrected chi connectivity index (χ0v) is 19.6. The Labute approximate surface area is 198 Å². The van der Waals surface area contributed by atoms with Crippen molar-refractivity contribution in [2.24, 2.45) is 0 Å². The number of hydrogen-bond acceptors (Lipinski definition) is 7. The third-order valence-corrected chi connectivity index (χ3v) is 6.31. The fourth-order valence-corrected chi connectivity index (χ4v) is 4.20. The number of likely N-dealkylation sites (N-methyl/N-ethyl adjacent to an activating group) is 1. The molecule has 1 aliphatic heterocycles. The van der Waals surface area contributed by atoms with Crippen LogP contribution in [0.1, 0.15) is 21.5 Å². The molecule has 4 aromatic rings. The quantitative estimate of drug-likeness (QED) is 0.502. The Morgan fingerprint density at radius 2 is 1.65 bits per heavy atom. The van der Waals surface area contributed by atoms with Gasteiger partial charge in [0, 0.05) is 55.4 Å². The van der Waals surface area contributed by atoms with Gasteiger partial charge in [0.15, 0.2) is 0 Å². The first-order valence-corrected chi connectivity index (χ1v) is 11.4. The van der Waals surface area contributed by atoms with Crippen LogP contribution in [0.5, 0.6) is 0 Å². The molecule has 5 rings (SSSR count). The van der Waals surface area contributed by atoms with Gasteiger partial charge in [-0.3, -0.25) is 9.78 Å². The molecular formula is C26H27N7O. The zero-order chi connectivity index (χ0) is 23.7. The molecule has 34 heavy (non-hydrogen) atoms. The lowest BCUT2D eigenvalue weighted by molar-refractivity contribution is 0.0664. The van der Waals surface area contributed by atoms with Crippen LogP contribution in [0, 0.1) is 13.8 Å². The standard InChI is InChI=1S/C26H27N7O/c1-17-8-9-27-16-22(17)21-15-24-23(14-18(21)2)29-26(31-30-24)28-20-6-4-19(5-7-20)25(34)33-12-10-32(3)11-13-33/h4-9,14-16H,10-13H2,1-3H3,(H,28,29,31). The van der Waals surface area contributed by atoms with Crippen molar-refractivity contribution in [1.29, 1.82) is 0 Å². The molecule has 1 amide bonds. The molecule has 0 spiro atoms. The number of carbonyl (C=O) groups excluding carboxylic acids is 1. The number of nitrogens with zero attached hydrogens (tertiary/aromatic N) is 6. The fourth-order valence-electron chi connectivity index (χ4n) is 4.20. The van der Waals surface area contributed by atoms with Crippen molar-refractivity contribution < 1.29 is 4.79 Å². The lowest BCUT2D eigenvalue weighted by Gasteiger charge is -2.32. The molecule has 8 nitrogen and oxygen atoms in total. The minimum Gasteiger partial charge on any atom is -0.336 e. The van der Waals surface area contributed by atoms with Crippen molar-refractivity contribution in [3.8, 4) is 11.1 Å². The van der Waals surface area contributed by atoms with E-state index < -0.39 is 0 Å². The number of piperazine rings is 1. The van der Waals surface area contributed by atoms with E-state index in [0.717, 1.165) is 65.2 Å². The summed E-state index contributed by atoms with van der Waals surface area (Å²) in [4.78, 5) is 25.8. The number of aryl methyl sites for hydroxylation is 2. The highest BCUT2D eigenvalue weighted by molar-refractivity contribution is 5.94. The Kier molecular flexibility index (Phi) is 5.90. The van der Waals surface area contributed by atoms with E-state index in [4.69, 9.17) is 0 Å². The van der Waals surface area contributed by atoms with Gasteiger partial charge in [-0.2, -0.15) is 0 Å². The van der Waals surface area contributed by atoms with Crippen LogP contribution in [0.4, 0.5) is 11.6 Å². The van der Waals surface area contributed by atoms with Crippen molar-refractivity contribution in [3.05, 3.63) is 71.5 Å². The average Bonchev–Trinajstić information content (AvgIpc) is 2.85. The van der Waals surface area contributed by atoms with Crippen LogP contribution < -0.4 is 5.32 Å². The van der Waals surface area contributed by atoms with Crippen molar-refractivity contribution in [3.63, 3.8) is 0 Å². The molecule has 3 heterocycles. The van der Waals surface area contributed by atoms with E-state index >= 15 is 0 Å². The van der Waals surface area contributed by atoms with Crippen LogP contribution in [0.2, 0.25) is 0 Å². The first-order valence-electron chi connectivity index (χ1n) is 11.4. The Hall–Kier alpha value is -3.91. The van der Waals surface area contributed by atoms with Crippen molar-refractivity contribution >= 4 is 28.6 Å². The van der Waals surface area contributed by atoms with E-state index in [1.54, 1.807) is 6.20 Å². The van der Waals surface area contributed by atoms with Gasteiger partial charge >= 0.3 is 0 Å². The van der Waals surface area contributed by atoms with E-state index in [1.807, 2.05) is 53.6 Å². The second-order valence-corrected chi connectivity index (χ2v) is 8.78. The SMILES string of the molecule is Cc1ccncc1-c1cc2nnc(Nc3ccc(C(=O)N4CCN(C)CC4)cc3)nc2cc1C. The number of rotatable bonds is 4. The predicted molar refractivity (Wildman–Crippen MR) is 133 cm³/mol. The van der Waals surface area contributed by atoms with Gasteiger partial charge in [0.1, 0.15) is 5.52 Å². The number of nitrogens with one attached hydrogen (secondary N) is 1. The molecule has 1 aliphatic rings. The highest BCUT2D eigenvalue weighted by Gasteiger charge is 2.20. The Bertz CT molecular complexity index is 1350. The van der Waals surface area contributed by atoms with Gasteiger partial charge in [0.2, 0.25) is 5.95 Å². The van der Waals surface area contributed by atoms with E-state index in [0.29, 0.717) is 11.5 Å². The molecule has 0 unspecified atom stereocenters. The molecule has 2 aromatic carbocycles. The number of pyridine rings is 1. The first-order chi connectivity index (χ1) is 16.5. The van der Waals surface area contributed by atoms with Crippen molar-refractivity contribution in [1.82, 2.24) is 30.0 Å². The predicted octanol–water partition coefficient (Wildman–Crippen LogP) is 3.83. The molecule has 8 heteroatoms. The maximum Gasteiger partial charge on any atom is 0.253 e. The van der Waals surface area contributed by atoms with Crippen LogP contribution in [0.15, 0.2) is 54.9 Å². The average molecular weight is 454 g/mol. The monoisotopic (exact) mass is 453 g/mol. The van der Waals surface area contributed by atoms with Gasteiger partial charge in [-0.15, -0.1) is 10.2 Å². The molecule has 1 saturated heterocycles. The Morgan fingerprint density at radius 3 is 2.38 bits per heavy atom. The van der Waals surface area contributed by atoms with E-state index in [1.165, 1.54) is 0 Å². The molecule has 1 fully saturated rings. The zero-order valence-electron chi connectivity index (χ0n) is 19.6. The summed E-state index contributed by atoms with van der Waals surface area (Å²) in [6, 6.07) is 13.5. The molecular weight excluding hydrogens is 426 g/mol. The molecule has 0 radical (unpaired) electrons. The summed E-state index contributed by atoms with van der Waals surface area (Å²) in [6.07, 6.45) is 3.67. The number of fused-ring (bicyclic) bond motifs is 1. The van der Waals surface area contributed by atoms with Crippen LogP contribution in [-0.4, -0.2) is 69.1 Å². The maximum absolute atomic E-state index is 12.8. The van der Waals surface area contributed by atoms with Gasteiger partial charge in [-0.05, 0) is 80.1 Å². The molecule has 172 valence electrons. The summed E-state index contributed by atoms with van der Waals surface area (Å²) < 4.78 is 0. The number of benzene rings is 2. The highest BCUT2D eigenvalue weighted by Crippen LogP contribution is 2.29. The molecule has 0 atom stereocenters. The summed E-state index contributed by atoms with van der Waals surface area (Å²) >= 11 is 0.